The number of nitrogens with zero attached hydrogens (tertiary/aromatic N) is 1. The molecule has 7 nitrogen and oxygen atoms in total. The molecule has 0 amide bonds. The number of carbonyl (C=O) groups excluding carboxylic acids is 2. The number of hydrogen-bond acceptors (Lipinski definition) is 8. The maximum absolute atomic E-state index is 11.9. The molecule has 0 saturated heterocycles. The highest BCUT2D eigenvalue weighted by Crippen LogP contribution is 2.29. The summed E-state index contributed by atoms with van der Waals surface area (Å²) in [4.78, 5) is 41.8. The van der Waals surface area contributed by atoms with Crippen LogP contribution in [-0.4, -0.2) is 21.5 Å². The fourth-order valence-corrected chi connectivity index (χ4v) is 4.91. The molecule has 0 aliphatic heterocycles. The summed E-state index contributed by atoms with van der Waals surface area (Å²) in [6.45, 7) is 1.28. The van der Waals surface area contributed by atoms with Crippen molar-refractivity contribution in [3.8, 4) is 10.6 Å². The van der Waals surface area contributed by atoms with Gasteiger partial charge in [-0.2, -0.15) is 0 Å². The molecule has 0 aliphatic carbocycles. The van der Waals surface area contributed by atoms with Crippen molar-refractivity contribution in [1.29, 1.82) is 0 Å². The molecule has 0 bridgehead atoms. The number of nitrogens with two attached hydrogens (primary N) is 2. The predicted octanol–water partition coefficient (Wildman–Crippen LogP) is 8.27. The average molecular weight is 644 g/mol. The van der Waals surface area contributed by atoms with Crippen LogP contribution in [0.4, 0.5) is 11.4 Å². The second-order valence-electron chi connectivity index (χ2n) is 7.43. The summed E-state index contributed by atoms with van der Waals surface area (Å²) in [5.74, 6) is -0.794. The lowest BCUT2D eigenvalue weighted by Crippen LogP contribution is -2.10. The zero-order chi connectivity index (χ0) is 28.0. The lowest BCUT2D eigenvalue weighted by Gasteiger charge is -2.02. The van der Waals surface area contributed by atoms with Crippen LogP contribution in [0.1, 0.15) is 24.0 Å². The van der Waals surface area contributed by atoms with E-state index >= 15 is 0 Å². The number of aromatic nitrogens is 2. The van der Waals surface area contributed by atoms with Crippen molar-refractivity contribution >= 4 is 103 Å². The minimum absolute atomic E-state index is 0. The van der Waals surface area contributed by atoms with E-state index in [4.69, 9.17) is 57.9 Å². The molecule has 5 aromatic rings. The fraction of sp³-hybridized carbons (Fsp3) is 0.0769. The van der Waals surface area contributed by atoms with Gasteiger partial charge in [0.15, 0.2) is 0 Å². The molecule has 3 heterocycles. The summed E-state index contributed by atoms with van der Waals surface area (Å²) in [6, 6.07) is 13.4. The number of halogens is 4. The number of H-pyrrole nitrogens is 1. The number of Topliss-reactive ketones (excluding diaryl/α,β-unsaturated/α-hetero) is 2. The van der Waals surface area contributed by atoms with E-state index < -0.39 is 11.6 Å². The van der Waals surface area contributed by atoms with Crippen LogP contribution in [-0.2, 0) is 4.79 Å². The largest absolute Gasteiger partial charge is 0.397 e. The summed E-state index contributed by atoms with van der Waals surface area (Å²) in [5.41, 5.74) is 13.1. The van der Waals surface area contributed by atoms with Gasteiger partial charge in [0.25, 0.3) is 5.56 Å². The van der Waals surface area contributed by atoms with Crippen LogP contribution in [0.15, 0.2) is 64.1 Å². The maximum atomic E-state index is 11.9. The van der Waals surface area contributed by atoms with Crippen LogP contribution in [0.25, 0.3) is 21.6 Å². The Hall–Kier alpha value is -2.92. The van der Waals surface area contributed by atoms with Gasteiger partial charge in [0, 0.05) is 6.92 Å². The van der Waals surface area contributed by atoms with Gasteiger partial charge in [-0.1, -0.05) is 66.0 Å². The topological polar surface area (TPSA) is 132 Å². The van der Waals surface area contributed by atoms with Crippen LogP contribution in [0.5, 0.6) is 0 Å². The molecule has 0 spiro atoms. The number of rotatable bonds is 3. The van der Waals surface area contributed by atoms with Gasteiger partial charge in [-0.05, 0) is 47.2 Å². The standard InChI is InChI=1S/C12H6Cl2N2OS.C7H6O2S.C6H6Cl2N2.CH4/c13-6-4-8-9(5-7(6)14)16-12(17)11(15-8)10-2-1-3-18-10;1-5(8)7(9)6-3-2-4-10-6;7-3-1-5(9)6(10)2-4(3)8;/h1-5H,(H,16,17);2-4H,1H3;1-2H,9-10H2;1H4. The van der Waals surface area contributed by atoms with Gasteiger partial charge in [0.2, 0.25) is 11.6 Å². The lowest BCUT2D eigenvalue weighted by molar-refractivity contribution is -0.113. The van der Waals surface area contributed by atoms with Crippen LogP contribution in [0.2, 0.25) is 20.1 Å². The van der Waals surface area contributed by atoms with E-state index in [1.165, 1.54) is 41.7 Å². The number of thiophene rings is 2. The third kappa shape index (κ3) is 8.53. The highest BCUT2D eigenvalue weighted by Gasteiger charge is 2.11. The van der Waals surface area contributed by atoms with Crippen molar-refractivity contribution in [3.63, 3.8) is 0 Å². The number of fused-ring (bicyclic) bond motifs is 1. The number of nitrogen functional groups attached to an aromatic ring is 2. The molecule has 39 heavy (non-hydrogen) atoms. The molecule has 13 heteroatoms. The monoisotopic (exact) mass is 642 g/mol. The molecule has 2 aromatic carbocycles. The van der Waals surface area contributed by atoms with Gasteiger partial charge in [0.1, 0.15) is 5.69 Å². The highest BCUT2D eigenvalue weighted by atomic mass is 35.5. The Kier molecular flexibility index (Phi) is 12.0. The SMILES string of the molecule is C.CC(=O)C(=O)c1cccs1.Nc1cc(Cl)c(Cl)cc1N.O=c1[nH]c2cc(Cl)c(Cl)cc2nc1-c1cccs1. The van der Waals surface area contributed by atoms with E-state index in [0.717, 1.165) is 4.88 Å². The van der Waals surface area contributed by atoms with E-state index in [1.807, 2.05) is 17.5 Å². The Labute approximate surface area is 252 Å². The zero-order valence-electron chi connectivity index (χ0n) is 19.4. The normalized spacial score (nSPS) is 9.97. The van der Waals surface area contributed by atoms with E-state index in [-0.39, 0.29) is 13.0 Å². The second kappa shape index (κ2) is 14.5. The Morgan fingerprint density at radius 1 is 0.846 bits per heavy atom. The van der Waals surface area contributed by atoms with Crippen molar-refractivity contribution in [2.45, 2.75) is 14.4 Å². The van der Waals surface area contributed by atoms with Gasteiger partial charge in [-0.25, -0.2) is 4.98 Å². The molecule has 204 valence electrons. The highest BCUT2D eigenvalue weighted by molar-refractivity contribution is 7.13. The number of aromatic amines is 1. The minimum Gasteiger partial charge on any atom is -0.397 e. The molecule has 3 aromatic heterocycles. The third-order valence-electron chi connectivity index (χ3n) is 4.68. The molecule has 0 fully saturated rings. The van der Waals surface area contributed by atoms with E-state index in [2.05, 4.69) is 9.97 Å². The number of anilines is 2. The first kappa shape index (κ1) is 32.3. The average Bonchev–Trinajstić information content (AvgIpc) is 3.59. The van der Waals surface area contributed by atoms with Crippen molar-refractivity contribution in [2.75, 3.05) is 11.5 Å². The van der Waals surface area contributed by atoms with Gasteiger partial charge in [-0.15, -0.1) is 22.7 Å². The fourth-order valence-electron chi connectivity index (χ4n) is 2.82. The molecule has 5 N–H and O–H groups in total. The first-order valence-electron chi connectivity index (χ1n) is 10.5. The van der Waals surface area contributed by atoms with Gasteiger partial charge in [0.05, 0.1) is 52.3 Å². The first-order valence-corrected chi connectivity index (χ1v) is 13.8. The Morgan fingerprint density at radius 3 is 1.90 bits per heavy atom. The first-order chi connectivity index (χ1) is 18.0. The molecule has 0 radical (unpaired) electrons. The number of ketones is 2. The number of nitrogens with one attached hydrogen (secondary N) is 1. The predicted molar refractivity (Wildman–Crippen MR) is 167 cm³/mol. The van der Waals surface area contributed by atoms with Gasteiger partial charge < -0.3 is 16.5 Å². The van der Waals surface area contributed by atoms with E-state index in [9.17, 15) is 14.4 Å². The Bertz CT molecular complexity index is 1600. The van der Waals surface area contributed by atoms with Crippen molar-refractivity contribution < 1.29 is 9.59 Å². The summed E-state index contributed by atoms with van der Waals surface area (Å²) in [7, 11) is 0. The van der Waals surface area contributed by atoms with Crippen LogP contribution in [0.3, 0.4) is 0 Å². The van der Waals surface area contributed by atoms with Gasteiger partial charge in [-0.3, -0.25) is 14.4 Å². The van der Waals surface area contributed by atoms with E-state index in [0.29, 0.717) is 53.1 Å². The van der Waals surface area contributed by atoms with Crippen molar-refractivity contribution in [1.82, 2.24) is 9.97 Å². The summed E-state index contributed by atoms with van der Waals surface area (Å²) in [6.07, 6.45) is 0. The van der Waals surface area contributed by atoms with Crippen molar-refractivity contribution in [2.24, 2.45) is 0 Å². The minimum atomic E-state index is -0.401. The molecular formula is C26H22Cl4N4O3S2. The van der Waals surface area contributed by atoms with Crippen LogP contribution < -0.4 is 17.0 Å². The van der Waals surface area contributed by atoms with Crippen LogP contribution in [0, 0.1) is 0 Å². The Balaban J connectivity index is 0.000000219. The molecule has 0 unspecified atom stereocenters. The molecule has 0 atom stereocenters. The molecule has 0 aliphatic rings. The molecule has 0 saturated carbocycles. The Morgan fingerprint density at radius 2 is 1.38 bits per heavy atom. The van der Waals surface area contributed by atoms with Crippen LogP contribution >= 0.6 is 69.1 Å². The molecular weight excluding hydrogens is 622 g/mol. The smallest absolute Gasteiger partial charge is 0.275 e. The summed E-state index contributed by atoms with van der Waals surface area (Å²) in [5, 5.41) is 5.33. The second-order valence-corrected chi connectivity index (χ2v) is 11.0. The van der Waals surface area contributed by atoms with E-state index in [1.54, 1.807) is 29.6 Å². The van der Waals surface area contributed by atoms with Crippen molar-refractivity contribution in [3.05, 3.63) is 94.6 Å². The summed E-state index contributed by atoms with van der Waals surface area (Å²) >= 11 is 25.8. The van der Waals surface area contributed by atoms with Gasteiger partial charge >= 0.3 is 0 Å². The number of hydrogen-bond donors (Lipinski definition) is 3. The lowest BCUT2D eigenvalue weighted by atomic mass is 10.2. The third-order valence-corrected chi connectivity index (χ3v) is 7.87. The number of benzene rings is 2. The quantitative estimate of drug-likeness (QED) is 0.103. The molecule has 5 rings (SSSR count). The summed E-state index contributed by atoms with van der Waals surface area (Å²) < 4.78 is 0. The number of carbonyl (C=O) groups is 2. The zero-order valence-corrected chi connectivity index (χ0v) is 24.1. The maximum Gasteiger partial charge on any atom is 0.275 e.